The van der Waals surface area contributed by atoms with Gasteiger partial charge < -0.3 is 26.1 Å². The van der Waals surface area contributed by atoms with Crippen LogP contribution < -0.4 is 11.1 Å². The molecule has 5 heterocycles. The first-order chi connectivity index (χ1) is 19.7. The molecule has 2 aliphatic rings. The molecule has 5 rings (SSSR count). The molecule has 0 aliphatic carbocycles. The number of aliphatic carboxylic acids is 2. The van der Waals surface area contributed by atoms with Gasteiger partial charge in [0.25, 0.3) is 11.8 Å². The topological polar surface area (TPSA) is 197 Å². The molecule has 13 nitrogen and oxygen atoms in total. The quantitative estimate of drug-likeness (QED) is 0.151. The molecule has 1 saturated heterocycles. The molecule has 0 radical (unpaired) electrons. The van der Waals surface area contributed by atoms with E-state index in [2.05, 4.69) is 20.4 Å². The molecule has 1 fully saturated rings. The molecule has 0 saturated carbocycles. The number of fused-ring (bicyclic) bond motifs is 2. The number of pyridine rings is 2. The van der Waals surface area contributed by atoms with E-state index in [1.807, 2.05) is 16.8 Å². The summed E-state index contributed by atoms with van der Waals surface area (Å²) in [5.74, 6) is -4.18. The molecular weight excluding hydrogens is 572 g/mol. The van der Waals surface area contributed by atoms with Crippen molar-refractivity contribution in [3.05, 3.63) is 63.7 Å². The van der Waals surface area contributed by atoms with Gasteiger partial charge in [0.2, 0.25) is 0 Å². The minimum atomic E-state index is -1.23. The SMILES string of the molecule is CC(CON=C(C(=O)NC1C(=O)N2C(C(=O)O)=C(Cc3ccnc4cscc34)CS[C@@H]12)c1cccc(N)n1)C(=O)O. The van der Waals surface area contributed by atoms with Gasteiger partial charge >= 0.3 is 11.9 Å². The van der Waals surface area contributed by atoms with Crippen molar-refractivity contribution in [3.63, 3.8) is 0 Å². The van der Waals surface area contributed by atoms with E-state index in [0.717, 1.165) is 16.5 Å². The molecule has 212 valence electrons. The van der Waals surface area contributed by atoms with Crippen LogP contribution in [0.15, 0.2) is 57.6 Å². The number of β-lactam (4-membered cyclic amide) rings is 1. The number of thiophene rings is 1. The number of rotatable bonds is 10. The Labute approximate surface area is 241 Å². The number of anilines is 1. The molecule has 0 bridgehead atoms. The fourth-order valence-corrected chi connectivity index (χ4v) is 6.55. The van der Waals surface area contributed by atoms with Crippen molar-refractivity contribution in [2.75, 3.05) is 18.1 Å². The summed E-state index contributed by atoms with van der Waals surface area (Å²) in [6.07, 6.45) is 2.01. The van der Waals surface area contributed by atoms with Crippen molar-refractivity contribution in [1.82, 2.24) is 20.2 Å². The number of hydrogen-bond acceptors (Lipinski definition) is 11. The van der Waals surface area contributed by atoms with E-state index >= 15 is 0 Å². The number of nitrogens with one attached hydrogen (secondary N) is 1. The predicted octanol–water partition coefficient (Wildman–Crippen LogP) is 1.70. The molecule has 2 aliphatic heterocycles. The number of carboxylic acid groups (broad SMARTS) is 2. The maximum absolute atomic E-state index is 13.3. The van der Waals surface area contributed by atoms with Crippen LogP contribution in [0.25, 0.3) is 10.9 Å². The summed E-state index contributed by atoms with van der Waals surface area (Å²) in [5.41, 5.74) is 7.72. The fourth-order valence-electron chi connectivity index (χ4n) is 4.41. The van der Waals surface area contributed by atoms with Gasteiger partial charge in [-0.25, -0.2) is 9.78 Å². The predicted molar refractivity (Wildman–Crippen MR) is 151 cm³/mol. The molecule has 2 amide bonds. The van der Waals surface area contributed by atoms with Crippen molar-refractivity contribution in [1.29, 1.82) is 0 Å². The van der Waals surface area contributed by atoms with E-state index in [9.17, 15) is 24.3 Å². The lowest BCUT2D eigenvalue weighted by atomic mass is 9.98. The number of oxime groups is 1. The zero-order chi connectivity index (χ0) is 29.3. The van der Waals surface area contributed by atoms with Crippen LogP contribution in [0.4, 0.5) is 5.82 Å². The lowest BCUT2D eigenvalue weighted by molar-refractivity contribution is -0.150. The van der Waals surface area contributed by atoms with Crippen molar-refractivity contribution in [2.45, 2.75) is 24.8 Å². The average molecular weight is 597 g/mol. The molecule has 2 unspecified atom stereocenters. The Morgan fingerprint density at radius 3 is 2.80 bits per heavy atom. The minimum absolute atomic E-state index is 0.0518. The molecule has 15 heteroatoms. The van der Waals surface area contributed by atoms with E-state index in [4.69, 9.17) is 15.7 Å². The van der Waals surface area contributed by atoms with Gasteiger partial charge in [0, 0.05) is 28.1 Å². The van der Waals surface area contributed by atoms with E-state index < -0.39 is 41.1 Å². The fraction of sp³-hybridized carbons (Fsp3) is 0.269. The van der Waals surface area contributed by atoms with Crippen LogP contribution in [0.5, 0.6) is 0 Å². The Morgan fingerprint density at radius 1 is 1.27 bits per heavy atom. The number of aromatic nitrogens is 2. The van der Waals surface area contributed by atoms with Gasteiger partial charge in [0.15, 0.2) is 5.71 Å². The number of hydrogen-bond donors (Lipinski definition) is 4. The highest BCUT2D eigenvalue weighted by molar-refractivity contribution is 8.00. The number of carbonyl (C=O) groups excluding carboxylic acids is 2. The minimum Gasteiger partial charge on any atom is -0.481 e. The molecule has 5 N–H and O–H groups in total. The van der Waals surface area contributed by atoms with Crippen LogP contribution >= 0.6 is 23.1 Å². The lowest BCUT2D eigenvalue weighted by Gasteiger charge is -2.49. The lowest BCUT2D eigenvalue weighted by Crippen LogP contribution is -2.71. The van der Waals surface area contributed by atoms with E-state index in [-0.39, 0.29) is 29.5 Å². The summed E-state index contributed by atoms with van der Waals surface area (Å²) in [7, 11) is 0. The van der Waals surface area contributed by atoms with Crippen molar-refractivity contribution in [2.24, 2.45) is 11.1 Å². The van der Waals surface area contributed by atoms with Gasteiger partial charge in [-0.3, -0.25) is 24.3 Å². The summed E-state index contributed by atoms with van der Waals surface area (Å²) in [5, 5.41) is 29.7. The molecule has 3 aromatic rings. The van der Waals surface area contributed by atoms with Crippen molar-refractivity contribution >= 4 is 69.3 Å². The monoisotopic (exact) mass is 596 g/mol. The van der Waals surface area contributed by atoms with Crippen molar-refractivity contribution < 1.29 is 34.2 Å². The van der Waals surface area contributed by atoms with Crippen LogP contribution in [0.1, 0.15) is 18.2 Å². The van der Waals surface area contributed by atoms with Gasteiger partial charge in [0.1, 0.15) is 35.2 Å². The van der Waals surface area contributed by atoms with Gasteiger partial charge in [-0.05, 0) is 42.7 Å². The third kappa shape index (κ3) is 5.58. The highest BCUT2D eigenvalue weighted by Crippen LogP contribution is 2.41. The number of amides is 2. The summed E-state index contributed by atoms with van der Waals surface area (Å²) in [6.45, 7) is 1.10. The molecule has 41 heavy (non-hydrogen) atoms. The Morgan fingerprint density at radius 2 is 2.07 bits per heavy atom. The first-order valence-electron chi connectivity index (χ1n) is 12.3. The number of thioether (sulfide) groups is 1. The van der Waals surface area contributed by atoms with Crippen LogP contribution in [-0.2, 0) is 30.4 Å². The van der Waals surface area contributed by atoms with Crippen LogP contribution in [0.3, 0.4) is 0 Å². The smallest absolute Gasteiger partial charge is 0.352 e. The summed E-state index contributed by atoms with van der Waals surface area (Å²) < 4.78 is 0. The highest BCUT2D eigenvalue weighted by Gasteiger charge is 2.54. The Hall–Kier alpha value is -4.50. The summed E-state index contributed by atoms with van der Waals surface area (Å²) in [6, 6.07) is 5.32. The second-order valence-electron chi connectivity index (χ2n) is 9.36. The number of nitrogens with zero attached hydrogens (tertiary/aromatic N) is 4. The number of carboxylic acids is 2. The maximum Gasteiger partial charge on any atom is 0.352 e. The molecular formula is C26H24N6O7S2. The van der Waals surface area contributed by atoms with Crippen LogP contribution in [-0.4, -0.2) is 78.3 Å². The Kier molecular flexibility index (Phi) is 7.90. The summed E-state index contributed by atoms with van der Waals surface area (Å²) in [4.78, 5) is 64.7. The Bertz CT molecular complexity index is 1620. The van der Waals surface area contributed by atoms with E-state index in [1.54, 1.807) is 12.3 Å². The third-order valence-electron chi connectivity index (χ3n) is 6.55. The first-order valence-corrected chi connectivity index (χ1v) is 14.3. The van der Waals surface area contributed by atoms with Crippen LogP contribution in [0.2, 0.25) is 0 Å². The van der Waals surface area contributed by atoms with Crippen LogP contribution in [0, 0.1) is 5.92 Å². The van der Waals surface area contributed by atoms with Gasteiger partial charge in [-0.2, -0.15) is 0 Å². The number of nitrogens with two attached hydrogens (primary N) is 1. The zero-order valence-corrected chi connectivity index (χ0v) is 23.1. The average Bonchev–Trinajstić information content (AvgIpc) is 3.43. The third-order valence-corrected chi connectivity index (χ3v) is 8.62. The second-order valence-corrected chi connectivity index (χ2v) is 11.2. The van der Waals surface area contributed by atoms with Gasteiger partial charge in [-0.15, -0.1) is 23.1 Å². The number of nitrogen functional groups attached to an aromatic ring is 1. The second kappa shape index (κ2) is 11.5. The largest absolute Gasteiger partial charge is 0.481 e. The van der Waals surface area contributed by atoms with Gasteiger partial charge in [-0.1, -0.05) is 11.2 Å². The van der Waals surface area contributed by atoms with Crippen molar-refractivity contribution in [3.8, 4) is 0 Å². The first kappa shape index (κ1) is 28.0. The van der Waals surface area contributed by atoms with E-state index in [1.165, 1.54) is 47.1 Å². The normalized spacial score (nSPS) is 19.4. The van der Waals surface area contributed by atoms with Gasteiger partial charge in [0.05, 0.1) is 11.4 Å². The Balaban J connectivity index is 1.36. The molecule has 0 aromatic carbocycles. The number of carbonyl (C=O) groups is 4. The summed E-state index contributed by atoms with van der Waals surface area (Å²) >= 11 is 2.84. The van der Waals surface area contributed by atoms with E-state index in [0.29, 0.717) is 17.7 Å². The molecule has 3 atom stereocenters. The molecule has 3 aromatic heterocycles. The maximum atomic E-state index is 13.3. The zero-order valence-electron chi connectivity index (χ0n) is 21.5. The standard InChI is InChI=1S/C26H24N6O7S2/c1-12(25(35)36)8-39-31-19(16-3-2-4-18(27)29-16)22(33)30-20-23(34)32-21(26(37)38)14(9-41-24(20)32)7-13-5-6-28-17-11-40-10-15(13)17/h2-6,10-12,20,24H,7-9H2,1H3,(H2,27,29)(H,30,33)(H,35,36)(H,37,38)/t12?,20?,24-/m0/s1. The highest BCUT2D eigenvalue weighted by atomic mass is 32.2. The molecule has 0 spiro atoms.